The lowest BCUT2D eigenvalue weighted by molar-refractivity contribution is 0.0966. The Morgan fingerprint density at radius 1 is 1.11 bits per heavy atom. The summed E-state index contributed by atoms with van der Waals surface area (Å²) in [5.74, 6) is 1.29. The van der Waals surface area contributed by atoms with E-state index in [1.165, 1.54) is 27.4 Å². The van der Waals surface area contributed by atoms with Gasteiger partial charge in [0, 0.05) is 59.4 Å². The number of aromatic nitrogens is 3. The molecule has 7 rings (SSSR count). The fraction of sp³-hybridized carbons (Fsp3) is 0.290. The number of benzene rings is 3. The lowest BCUT2D eigenvalue weighted by Gasteiger charge is -2.22. The van der Waals surface area contributed by atoms with E-state index in [4.69, 9.17) is 9.84 Å². The molecule has 3 aromatic carbocycles. The van der Waals surface area contributed by atoms with E-state index in [1.54, 1.807) is 7.11 Å². The summed E-state index contributed by atoms with van der Waals surface area (Å²) in [6.45, 7) is 5.98. The molecule has 192 valence electrons. The van der Waals surface area contributed by atoms with E-state index in [2.05, 4.69) is 53.4 Å². The Labute approximate surface area is 221 Å². The van der Waals surface area contributed by atoms with Crippen molar-refractivity contribution < 1.29 is 9.53 Å². The van der Waals surface area contributed by atoms with Gasteiger partial charge in [0.1, 0.15) is 5.75 Å². The number of fused-ring (bicyclic) bond motifs is 10. The van der Waals surface area contributed by atoms with Crippen LogP contribution in [0.15, 0.2) is 48.7 Å². The molecule has 7 heteroatoms. The molecule has 7 nitrogen and oxygen atoms in total. The summed E-state index contributed by atoms with van der Waals surface area (Å²) in [4.78, 5) is 13.3. The third-order valence-corrected chi connectivity index (χ3v) is 7.88. The molecule has 0 radical (unpaired) electrons. The fourth-order valence-electron chi connectivity index (χ4n) is 6.45. The van der Waals surface area contributed by atoms with Gasteiger partial charge in [-0.25, -0.2) is 0 Å². The Balaban J connectivity index is 1.55. The lowest BCUT2D eigenvalue weighted by Crippen LogP contribution is -2.15. The minimum Gasteiger partial charge on any atom is -0.495 e. The number of nitrogens with zero attached hydrogens (tertiary/aromatic N) is 3. The summed E-state index contributed by atoms with van der Waals surface area (Å²) in [5, 5.41) is 13.8. The normalized spacial score (nSPS) is 14.1. The van der Waals surface area contributed by atoms with Gasteiger partial charge in [-0.2, -0.15) is 5.10 Å². The van der Waals surface area contributed by atoms with Crippen molar-refractivity contribution in [2.75, 3.05) is 12.4 Å². The molecule has 5 aromatic rings. The number of aryl methyl sites for hydroxylation is 3. The van der Waals surface area contributed by atoms with Gasteiger partial charge in [-0.3, -0.25) is 9.48 Å². The van der Waals surface area contributed by atoms with Crippen LogP contribution in [-0.2, 0) is 33.0 Å². The second-order valence-corrected chi connectivity index (χ2v) is 10.8. The van der Waals surface area contributed by atoms with Crippen molar-refractivity contribution in [1.29, 1.82) is 0 Å². The molecular formula is C31H31N5O2. The highest BCUT2D eigenvalue weighted by Crippen LogP contribution is 2.47. The van der Waals surface area contributed by atoms with Crippen LogP contribution in [0.5, 0.6) is 5.75 Å². The number of hydrogen-bond acceptors (Lipinski definition) is 4. The van der Waals surface area contributed by atoms with E-state index in [0.29, 0.717) is 12.5 Å². The third kappa shape index (κ3) is 3.27. The zero-order chi connectivity index (χ0) is 26.1. The number of para-hydroxylation sites is 2. The molecule has 2 N–H and O–H groups in total. The molecule has 0 atom stereocenters. The van der Waals surface area contributed by atoms with Gasteiger partial charge < -0.3 is 19.9 Å². The van der Waals surface area contributed by atoms with Gasteiger partial charge in [-0.05, 0) is 60.2 Å². The van der Waals surface area contributed by atoms with Crippen molar-refractivity contribution in [3.8, 4) is 16.9 Å². The molecule has 0 fully saturated rings. The third-order valence-electron chi connectivity index (χ3n) is 7.88. The quantitative estimate of drug-likeness (QED) is 0.310. The molecule has 0 unspecified atom stereocenters. The highest BCUT2D eigenvalue weighted by molar-refractivity contribution is 6.20. The van der Waals surface area contributed by atoms with Crippen molar-refractivity contribution in [2.45, 2.75) is 39.8 Å². The molecule has 3 heterocycles. The summed E-state index contributed by atoms with van der Waals surface area (Å²) in [6.07, 6.45) is 3.83. The SMILES string of the molecule is COc1ccccc1Nc1ccc2c(c1)c1c3c(c4c(c1n2CC(C)C)CCc1nn(C)cc1-4)C(=O)NC3. The number of carbonyl (C=O) groups is 1. The Bertz CT molecular complexity index is 1780. The highest BCUT2D eigenvalue weighted by Gasteiger charge is 2.35. The van der Waals surface area contributed by atoms with E-state index in [1.807, 2.05) is 36.0 Å². The minimum atomic E-state index is 0.0166. The van der Waals surface area contributed by atoms with Crippen LogP contribution in [0.3, 0.4) is 0 Å². The number of rotatable bonds is 5. The molecule has 0 saturated heterocycles. The summed E-state index contributed by atoms with van der Waals surface area (Å²) in [6, 6.07) is 14.5. The van der Waals surface area contributed by atoms with E-state index in [-0.39, 0.29) is 5.91 Å². The van der Waals surface area contributed by atoms with Crippen molar-refractivity contribution in [3.63, 3.8) is 0 Å². The predicted molar refractivity (Wildman–Crippen MR) is 151 cm³/mol. The van der Waals surface area contributed by atoms with Gasteiger partial charge >= 0.3 is 0 Å². The molecular weight excluding hydrogens is 474 g/mol. The molecule has 1 aliphatic carbocycles. The number of nitrogens with one attached hydrogen (secondary N) is 2. The summed E-state index contributed by atoms with van der Waals surface area (Å²) < 4.78 is 9.94. The first-order valence-electron chi connectivity index (χ1n) is 13.3. The van der Waals surface area contributed by atoms with Gasteiger partial charge in [0.05, 0.1) is 29.6 Å². The largest absolute Gasteiger partial charge is 0.495 e. The van der Waals surface area contributed by atoms with E-state index in [9.17, 15) is 4.79 Å². The van der Waals surface area contributed by atoms with Crippen LogP contribution in [-0.4, -0.2) is 27.4 Å². The van der Waals surface area contributed by atoms with Crippen LogP contribution < -0.4 is 15.4 Å². The van der Waals surface area contributed by atoms with Crippen molar-refractivity contribution >= 4 is 39.1 Å². The van der Waals surface area contributed by atoms with Gasteiger partial charge in [-0.1, -0.05) is 26.0 Å². The van der Waals surface area contributed by atoms with Crippen molar-refractivity contribution in [1.82, 2.24) is 19.7 Å². The standard InChI is InChI=1S/C31H31N5O2/c1-17(2)15-36-25-12-9-18(33-24-7-5-6-8-26(24)38-4)13-20(25)28-21-14-32-31(37)29(21)27-19(30(28)36)10-11-23-22(27)16-35(3)34-23/h5-9,12-13,16-17,33H,10-11,14-15H2,1-4H3,(H,32,37). The molecule has 1 aliphatic heterocycles. The maximum atomic E-state index is 13.3. The number of carbonyl (C=O) groups excluding carboxylic acids is 1. The second kappa shape index (κ2) is 8.38. The maximum Gasteiger partial charge on any atom is 0.252 e. The molecule has 2 aliphatic rings. The Hall–Kier alpha value is -4.26. The number of methoxy groups -OCH3 is 1. The number of hydrogen-bond donors (Lipinski definition) is 2. The van der Waals surface area contributed by atoms with Gasteiger partial charge in [0.2, 0.25) is 0 Å². The summed E-state index contributed by atoms with van der Waals surface area (Å²) >= 11 is 0. The zero-order valence-corrected chi connectivity index (χ0v) is 22.2. The molecule has 0 spiro atoms. The Morgan fingerprint density at radius 3 is 2.76 bits per heavy atom. The van der Waals surface area contributed by atoms with E-state index in [0.717, 1.165) is 64.5 Å². The Kier molecular flexibility index (Phi) is 5.05. The first-order valence-corrected chi connectivity index (χ1v) is 13.3. The first-order chi connectivity index (χ1) is 18.4. The highest BCUT2D eigenvalue weighted by atomic mass is 16.5. The van der Waals surface area contributed by atoms with Gasteiger partial charge in [-0.15, -0.1) is 0 Å². The van der Waals surface area contributed by atoms with Crippen LogP contribution in [0.4, 0.5) is 11.4 Å². The summed E-state index contributed by atoms with van der Waals surface area (Å²) in [5.41, 5.74) is 10.8. The Morgan fingerprint density at radius 2 is 1.95 bits per heavy atom. The predicted octanol–water partition coefficient (Wildman–Crippen LogP) is 5.95. The number of anilines is 2. The maximum absolute atomic E-state index is 13.3. The van der Waals surface area contributed by atoms with Gasteiger partial charge in [0.25, 0.3) is 5.91 Å². The molecule has 2 aromatic heterocycles. The average Bonchev–Trinajstić information content (AvgIpc) is 3.57. The average molecular weight is 506 g/mol. The lowest BCUT2D eigenvalue weighted by atomic mass is 9.82. The van der Waals surface area contributed by atoms with Crippen molar-refractivity contribution in [3.05, 3.63) is 71.0 Å². The van der Waals surface area contributed by atoms with Gasteiger partial charge in [0.15, 0.2) is 0 Å². The van der Waals surface area contributed by atoms with Crippen LogP contribution in [0.1, 0.15) is 41.0 Å². The second-order valence-electron chi connectivity index (χ2n) is 10.8. The van der Waals surface area contributed by atoms with Crippen LogP contribution >= 0.6 is 0 Å². The zero-order valence-electron chi connectivity index (χ0n) is 22.2. The fourth-order valence-corrected chi connectivity index (χ4v) is 6.45. The molecule has 38 heavy (non-hydrogen) atoms. The minimum absolute atomic E-state index is 0.0166. The van der Waals surface area contributed by atoms with Crippen molar-refractivity contribution in [2.24, 2.45) is 13.0 Å². The topological polar surface area (TPSA) is 73.1 Å². The monoisotopic (exact) mass is 505 g/mol. The van der Waals surface area contributed by atoms with E-state index < -0.39 is 0 Å². The molecule has 0 bridgehead atoms. The number of amides is 1. The van der Waals surface area contributed by atoms with E-state index >= 15 is 0 Å². The summed E-state index contributed by atoms with van der Waals surface area (Å²) in [7, 11) is 3.65. The first kappa shape index (κ1) is 22.9. The van der Waals surface area contributed by atoms with Crippen LogP contribution in [0, 0.1) is 5.92 Å². The number of ether oxygens (including phenoxy) is 1. The van der Waals surface area contributed by atoms with Crippen LogP contribution in [0.25, 0.3) is 32.9 Å². The molecule has 1 amide bonds. The van der Waals surface area contributed by atoms with Crippen LogP contribution in [0.2, 0.25) is 0 Å². The smallest absolute Gasteiger partial charge is 0.252 e. The molecule has 0 saturated carbocycles.